The van der Waals surface area contributed by atoms with Gasteiger partial charge >= 0.3 is 0 Å². The summed E-state index contributed by atoms with van der Waals surface area (Å²) in [6, 6.07) is 10.5. The van der Waals surface area contributed by atoms with Gasteiger partial charge in [-0.1, -0.05) is 26.0 Å². The van der Waals surface area contributed by atoms with E-state index in [0.717, 1.165) is 24.1 Å². The van der Waals surface area contributed by atoms with Gasteiger partial charge in [0, 0.05) is 18.3 Å². The molecule has 0 atom stereocenters. The number of aryl methyl sites for hydroxylation is 2. The molecule has 0 aliphatic carbocycles. The normalized spacial score (nSPS) is 10.4. The number of hydrogen-bond donors (Lipinski definition) is 1. The van der Waals surface area contributed by atoms with Crippen LogP contribution in [0.2, 0.25) is 0 Å². The van der Waals surface area contributed by atoms with Crippen molar-refractivity contribution >= 4 is 11.6 Å². The summed E-state index contributed by atoms with van der Waals surface area (Å²) in [5.41, 5.74) is 1.93. The van der Waals surface area contributed by atoms with Crippen molar-refractivity contribution in [1.82, 2.24) is 9.78 Å². The Balaban J connectivity index is 2.19. The first-order valence-electron chi connectivity index (χ1n) is 7.12. The molecule has 1 aromatic carbocycles. The second kappa shape index (κ2) is 6.83. The summed E-state index contributed by atoms with van der Waals surface area (Å²) in [6.45, 7) is 4.52. The minimum atomic E-state index is -0.312. The average Bonchev–Trinajstić information content (AvgIpc) is 2.50. The minimum absolute atomic E-state index is 0.193. The maximum absolute atomic E-state index is 12.2. The Morgan fingerprint density at radius 1 is 1.24 bits per heavy atom. The second-order valence-corrected chi connectivity index (χ2v) is 4.79. The Morgan fingerprint density at radius 3 is 2.76 bits per heavy atom. The zero-order valence-corrected chi connectivity index (χ0v) is 12.3. The summed E-state index contributed by atoms with van der Waals surface area (Å²) in [5, 5.41) is 6.90. The molecule has 1 heterocycles. The van der Waals surface area contributed by atoms with Crippen LogP contribution in [-0.2, 0) is 13.0 Å². The number of anilines is 1. The van der Waals surface area contributed by atoms with Crippen molar-refractivity contribution in [2.75, 3.05) is 5.32 Å². The van der Waals surface area contributed by atoms with Crippen LogP contribution in [0.3, 0.4) is 0 Å². The van der Waals surface area contributed by atoms with Crippen molar-refractivity contribution in [2.45, 2.75) is 33.2 Å². The van der Waals surface area contributed by atoms with Crippen molar-refractivity contribution in [3.8, 4) is 0 Å². The lowest BCUT2D eigenvalue weighted by Gasteiger charge is -2.08. The number of hydrogen-bond acceptors (Lipinski definition) is 3. The van der Waals surface area contributed by atoms with Crippen molar-refractivity contribution in [3.63, 3.8) is 0 Å². The predicted molar refractivity (Wildman–Crippen MR) is 82.6 cm³/mol. The Hall–Kier alpha value is -2.43. The molecule has 5 nitrogen and oxygen atoms in total. The van der Waals surface area contributed by atoms with Gasteiger partial charge in [-0.2, -0.15) is 5.10 Å². The van der Waals surface area contributed by atoms with Crippen molar-refractivity contribution < 1.29 is 4.79 Å². The summed E-state index contributed by atoms with van der Waals surface area (Å²) in [6.07, 6.45) is 1.69. The Labute approximate surface area is 123 Å². The topological polar surface area (TPSA) is 64.0 Å². The summed E-state index contributed by atoms with van der Waals surface area (Å²) >= 11 is 0. The standard InChI is InChI=1S/C16H19N3O2/c1-3-10-19-15(20)9-8-14(18-19)16(21)17-13-7-5-6-12(4-2)11-13/h5-9,11H,3-4,10H2,1-2H3,(H,17,21). The summed E-state index contributed by atoms with van der Waals surface area (Å²) < 4.78 is 1.32. The van der Waals surface area contributed by atoms with Crippen LogP contribution in [0.15, 0.2) is 41.2 Å². The number of benzene rings is 1. The average molecular weight is 285 g/mol. The van der Waals surface area contributed by atoms with Crippen LogP contribution in [0, 0.1) is 0 Å². The molecule has 1 aromatic heterocycles. The van der Waals surface area contributed by atoms with Crippen LogP contribution >= 0.6 is 0 Å². The largest absolute Gasteiger partial charge is 0.321 e. The third-order valence-electron chi connectivity index (χ3n) is 3.13. The fourth-order valence-electron chi connectivity index (χ4n) is 2.01. The Morgan fingerprint density at radius 2 is 2.05 bits per heavy atom. The summed E-state index contributed by atoms with van der Waals surface area (Å²) in [7, 11) is 0. The molecule has 0 saturated heterocycles. The molecule has 0 aliphatic rings. The number of rotatable bonds is 5. The first-order chi connectivity index (χ1) is 10.1. The highest BCUT2D eigenvalue weighted by molar-refractivity contribution is 6.02. The number of nitrogens with zero attached hydrogens (tertiary/aromatic N) is 2. The van der Waals surface area contributed by atoms with Gasteiger partial charge in [-0.15, -0.1) is 0 Å². The first-order valence-corrected chi connectivity index (χ1v) is 7.12. The number of aromatic nitrogens is 2. The molecule has 2 aromatic rings. The van der Waals surface area contributed by atoms with Crippen LogP contribution in [0.1, 0.15) is 36.3 Å². The van der Waals surface area contributed by atoms with Crippen molar-refractivity contribution in [1.29, 1.82) is 0 Å². The SMILES string of the molecule is CCCn1nc(C(=O)Nc2cccc(CC)c2)ccc1=O. The van der Waals surface area contributed by atoms with Crippen LogP contribution in [-0.4, -0.2) is 15.7 Å². The molecule has 0 bridgehead atoms. The first kappa shape index (κ1) is 15.0. The molecule has 0 spiro atoms. The molecule has 0 fully saturated rings. The van der Waals surface area contributed by atoms with E-state index in [9.17, 15) is 9.59 Å². The highest BCUT2D eigenvalue weighted by atomic mass is 16.2. The molecule has 1 amide bonds. The van der Waals surface area contributed by atoms with E-state index >= 15 is 0 Å². The van der Waals surface area contributed by atoms with Gasteiger partial charge < -0.3 is 5.32 Å². The fraction of sp³-hybridized carbons (Fsp3) is 0.312. The fourth-order valence-corrected chi connectivity index (χ4v) is 2.01. The molecule has 2 rings (SSSR count). The summed E-state index contributed by atoms with van der Waals surface area (Å²) in [4.78, 5) is 23.8. The maximum Gasteiger partial charge on any atom is 0.276 e. The monoisotopic (exact) mass is 285 g/mol. The van der Waals surface area contributed by atoms with Crippen molar-refractivity contribution in [3.05, 3.63) is 58.0 Å². The zero-order valence-electron chi connectivity index (χ0n) is 12.3. The molecule has 0 radical (unpaired) electrons. The Bertz CT molecular complexity index is 692. The highest BCUT2D eigenvalue weighted by Crippen LogP contribution is 2.12. The maximum atomic E-state index is 12.2. The van der Waals surface area contributed by atoms with Crippen molar-refractivity contribution in [2.24, 2.45) is 0 Å². The molecule has 0 unspecified atom stereocenters. The van der Waals surface area contributed by atoms with Gasteiger partial charge in [0.25, 0.3) is 11.5 Å². The molecule has 110 valence electrons. The van der Waals surface area contributed by atoms with E-state index < -0.39 is 0 Å². The number of amides is 1. The number of carbonyl (C=O) groups excluding carboxylic acids is 1. The highest BCUT2D eigenvalue weighted by Gasteiger charge is 2.10. The quantitative estimate of drug-likeness (QED) is 0.917. The van der Waals surface area contributed by atoms with Gasteiger partial charge in [-0.3, -0.25) is 9.59 Å². The van der Waals surface area contributed by atoms with Gasteiger partial charge in [-0.05, 0) is 36.6 Å². The predicted octanol–water partition coefficient (Wildman–Crippen LogP) is 2.47. The lowest BCUT2D eigenvalue weighted by molar-refractivity contribution is 0.102. The van der Waals surface area contributed by atoms with E-state index in [0.29, 0.717) is 6.54 Å². The van der Waals surface area contributed by atoms with E-state index in [1.165, 1.54) is 16.8 Å². The van der Waals surface area contributed by atoms with E-state index in [4.69, 9.17) is 0 Å². The van der Waals surface area contributed by atoms with E-state index in [2.05, 4.69) is 17.3 Å². The van der Waals surface area contributed by atoms with Crippen LogP contribution < -0.4 is 10.9 Å². The summed E-state index contributed by atoms with van der Waals surface area (Å²) in [5.74, 6) is -0.312. The molecule has 5 heteroatoms. The molecular formula is C16H19N3O2. The molecular weight excluding hydrogens is 266 g/mol. The minimum Gasteiger partial charge on any atom is -0.321 e. The molecule has 21 heavy (non-hydrogen) atoms. The van der Waals surface area contributed by atoms with Gasteiger partial charge in [-0.25, -0.2) is 4.68 Å². The van der Waals surface area contributed by atoms with E-state index in [1.54, 1.807) is 0 Å². The van der Waals surface area contributed by atoms with Crippen LogP contribution in [0.5, 0.6) is 0 Å². The molecule has 0 saturated carbocycles. The van der Waals surface area contributed by atoms with Gasteiger partial charge in [0.1, 0.15) is 5.69 Å². The Kier molecular flexibility index (Phi) is 4.87. The second-order valence-electron chi connectivity index (χ2n) is 4.79. The van der Waals surface area contributed by atoms with Crippen LogP contribution in [0.4, 0.5) is 5.69 Å². The van der Waals surface area contributed by atoms with Crippen LogP contribution in [0.25, 0.3) is 0 Å². The smallest absolute Gasteiger partial charge is 0.276 e. The number of carbonyl (C=O) groups is 1. The van der Waals surface area contributed by atoms with Gasteiger partial charge in [0.2, 0.25) is 0 Å². The third-order valence-corrected chi connectivity index (χ3v) is 3.13. The molecule has 0 aliphatic heterocycles. The van der Waals surface area contributed by atoms with E-state index in [1.807, 2.05) is 31.2 Å². The third kappa shape index (κ3) is 3.78. The number of nitrogens with one attached hydrogen (secondary N) is 1. The lowest BCUT2D eigenvalue weighted by Crippen LogP contribution is -2.26. The van der Waals surface area contributed by atoms with E-state index in [-0.39, 0.29) is 17.2 Å². The van der Waals surface area contributed by atoms with Gasteiger partial charge in [0.15, 0.2) is 0 Å². The zero-order chi connectivity index (χ0) is 15.2. The lowest BCUT2D eigenvalue weighted by atomic mass is 10.1. The molecule has 1 N–H and O–H groups in total. The van der Waals surface area contributed by atoms with Gasteiger partial charge in [0.05, 0.1) is 0 Å².